The van der Waals surface area contributed by atoms with Crippen molar-refractivity contribution in [3.8, 4) is 0 Å². The summed E-state index contributed by atoms with van der Waals surface area (Å²) in [4.78, 5) is 0. The zero-order chi connectivity index (χ0) is 8.43. The third-order valence-corrected chi connectivity index (χ3v) is 2.48. The summed E-state index contributed by atoms with van der Waals surface area (Å²) in [7, 11) is 0. The number of hydrogen-bond donors (Lipinski definition) is 1. The molecule has 1 nitrogen and oxygen atoms in total. The Kier molecular flexibility index (Phi) is 2.58. The van der Waals surface area contributed by atoms with Crippen molar-refractivity contribution in [2.24, 2.45) is 17.8 Å². The van der Waals surface area contributed by atoms with Crippen molar-refractivity contribution >= 4 is 0 Å². The van der Waals surface area contributed by atoms with Gasteiger partial charge >= 0.3 is 0 Å². The first-order valence-electron chi connectivity index (χ1n) is 4.55. The number of allylic oxidation sites excluding steroid dienone is 2. The standard InChI is InChI=1S/C10H18O/c1-4-8-6-10(11)9(8)5-7(2)3/h6-9,11H,4-5H2,1-3H3. The molecule has 11 heavy (non-hydrogen) atoms. The first-order valence-corrected chi connectivity index (χ1v) is 4.55. The summed E-state index contributed by atoms with van der Waals surface area (Å²) >= 11 is 0. The SMILES string of the molecule is CCC1C=C(O)C1CC(C)C. The summed E-state index contributed by atoms with van der Waals surface area (Å²) in [6.45, 7) is 6.59. The lowest BCUT2D eigenvalue weighted by Crippen LogP contribution is -2.25. The van der Waals surface area contributed by atoms with Crippen LogP contribution in [0.5, 0.6) is 0 Å². The number of aliphatic hydroxyl groups excluding tert-OH is 1. The van der Waals surface area contributed by atoms with Crippen molar-refractivity contribution in [2.45, 2.75) is 33.6 Å². The van der Waals surface area contributed by atoms with Crippen LogP contribution in [-0.4, -0.2) is 5.11 Å². The molecule has 1 heteroatoms. The van der Waals surface area contributed by atoms with Crippen LogP contribution < -0.4 is 0 Å². The van der Waals surface area contributed by atoms with Crippen LogP contribution in [0, 0.1) is 17.8 Å². The van der Waals surface area contributed by atoms with Crippen molar-refractivity contribution in [1.29, 1.82) is 0 Å². The van der Waals surface area contributed by atoms with E-state index in [4.69, 9.17) is 0 Å². The highest BCUT2D eigenvalue weighted by Gasteiger charge is 2.31. The topological polar surface area (TPSA) is 20.2 Å². The Morgan fingerprint density at radius 1 is 1.55 bits per heavy atom. The number of hydrogen-bond acceptors (Lipinski definition) is 1. The van der Waals surface area contributed by atoms with E-state index in [9.17, 15) is 5.11 Å². The first kappa shape index (κ1) is 8.63. The van der Waals surface area contributed by atoms with Crippen LogP contribution >= 0.6 is 0 Å². The van der Waals surface area contributed by atoms with Crippen LogP contribution in [0.2, 0.25) is 0 Å². The largest absolute Gasteiger partial charge is 0.512 e. The Morgan fingerprint density at radius 2 is 2.18 bits per heavy atom. The predicted octanol–water partition coefficient (Wildman–Crippen LogP) is 3.13. The summed E-state index contributed by atoms with van der Waals surface area (Å²) < 4.78 is 0. The fourth-order valence-corrected chi connectivity index (χ4v) is 1.77. The molecule has 0 bridgehead atoms. The molecule has 0 spiro atoms. The van der Waals surface area contributed by atoms with Gasteiger partial charge in [0.15, 0.2) is 0 Å². The van der Waals surface area contributed by atoms with E-state index < -0.39 is 0 Å². The van der Waals surface area contributed by atoms with Gasteiger partial charge in [-0.05, 0) is 30.8 Å². The second-order valence-electron chi connectivity index (χ2n) is 3.90. The zero-order valence-corrected chi connectivity index (χ0v) is 7.67. The van der Waals surface area contributed by atoms with Gasteiger partial charge in [-0.3, -0.25) is 0 Å². The predicted molar refractivity (Wildman–Crippen MR) is 47.4 cm³/mol. The van der Waals surface area contributed by atoms with Crippen LogP contribution in [0.4, 0.5) is 0 Å². The van der Waals surface area contributed by atoms with Gasteiger partial charge in [-0.2, -0.15) is 0 Å². The minimum absolute atomic E-state index is 0.472. The van der Waals surface area contributed by atoms with Gasteiger partial charge in [0, 0.05) is 5.92 Å². The average Bonchev–Trinajstić information content (AvgIpc) is 1.95. The zero-order valence-electron chi connectivity index (χ0n) is 7.67. The third-order valence-electron chi connectivity index (χ3n) is 2.48. The lowest BCUT2D eigenvalue weighted by atomic mass is 9.74. The van der Waals surface area contributed by atoms with Gasteiger partial charge in [0.05, 0.1) is 5.76 Å². The van der Waals surface area contributed by atoms with E-state index in [0.29, 0.717) is 23.5 Å². The minimum atomic E-state index is 0.472. The number of aliphatic hydroxyl groups is 1. The monoisotopic (exact) mass is 154 g/mol. The van der Waals surface area contributed by atoms with Crippen LogP contribution in [0.15, 0.2) is 11.8 Å². The lowest BCUT2D eigenvalue weighted by Gasteiger charge is -2.33. The van der Waals surface area contributed by atoms with Gasteiger partial charge in [-0.1, -0.05) is 20.8 Å². The molecule has 1 aliphatic carbocycles. The van der Waals surface area contributed by atoms with Gasteiger partial charge in [0.1, 0.15) is 0 Å². The summed E-state index contributed by atoms with van der Waals surface area (Å²) in [5.41, 5.74) is 0. The Morgan fingerprint density at radius 3 is 2.55 bits per heavy atom. The molecule has 2 atom stereocenters. The quantitative estimate of drug-likeness (QED) is 0.662. The Labute approximate surface area is 69.1 Å². The molecule has 0 aromatic carbocycles. The van der Waals surface area contributed by atoms with E-state index in [1.54, 1.807) is 0 Å². The molecule has 0 radical (unpaired) electrons. The molecule has 1 N–H and O–H groups in total. The maximum absolute atomic E-state index is 9.32. The van der Waals surface area contributed by atoms with E-state index >= 15 is 0 Å². The second-order valence-corrected chi connectivity index (χ2v) is 3.90. The number of rotatable bonds is 3. The van der Waals surface area contributed by atoms with E-state index in [1.807, 2.05) is 6.08 Å². The molecule has 0 amide bonds. The normalized spacial score (nSPS) is 30.0. The Balaban J connectivity index is 2.41. The summed E-state index contributed by atoms with van der Waals surface area (Å²) in [6, 6.07) is 0. The molecule has 2 unspecified atom stereocenters. The summed E-state index contributed by atoms with van der Waals surface area (Å²) in [6.07, 6.45) is 4.30. The van der Waals surface area contributed by atoms with Crippen molar-refractivity contribution in [3.63, 3.8) is 0 Å². The fourth-order valence-electron chi connectivity index (χ4n) is 1.77. The first-order chi connectivity index (χ1) is 5.15. The maximum atomic E-state index is 9.32. The molecule has 0 aromatic heterocycles. The Hall–Kier alpha value is -0.460. The highest BCUT2D eigenvalue weighted by atomic mass is 16.3. The Bertz CT molecular complexity index is 158. The molecule has 1 rings (SSSR count). The molecule has 0 aliphatic heterocycles. The summed E-state index contributed by atoms with van der Waals surface area (Å²) in [5, 5.41) is 9.32. The molecule has 0 saturated carbocycles. The van der Waals surface area contributed by atoms with E-state index in [1.165, 1.54) is 6.42 Å². The highest BCUT2D eigenvalue weighted by molar-refractivity contribution is 5.15. The lowest BCUT2D eigenvalue weighted by molar-refractivity contribution is 0.203. The van der Waals surface area contributed by atoms with Crippen molar-refractivity contribution in [2.75, 3.05) is 0 Å². The minimum Gasteiger partial charge on any atom is -0.512 e. The van der Waals surface area contributed by atoms with Crippen molar-refractivity contribution < 1.29 is 5.11 Å². The van der Waals surface area contributed by atoms with Crippen LogP contribution in [-0.2, 0) is 0 Å². The summed E-state index contributed by atoms with van der Waals surface area (Å²) in [5.74, 6) is 2.45. The van der Waals surface area contributed by atoms with Gasteiger partial charge in [0.2, 0.25) is 0 Å². The van der Waals surface area contributed by atoms with Gasteiger partial charge < -0.3 is 5.11 Å². The van der Waals surface area contributed by atoms with E-state index in [-0.39, 0.29) is 0 Å². The van der Waals surface area contributed by atoms with Gasteiger partial charge in [-0.15, -0.1) is 0 Å². The van der Waals surface area contributed by atoms with Crippen molar-refractivity contribution in [3.05, 3.63) is 11.8 Å². The molecular weight excluding hydrogens is 136 g/mol. The molecule has 0 heterocycles. The molecule has 0 saturated heterocycles. The molecule has 0 aromatic rings. The third kappa shape index (κ3) is 1.76. The molecule has 64 valence electrons. The van der Waals surface area contributed by atoms with Crippen LogP contribution in [0.3, 0.4) is 0 Å². The molecular formula is C10H18O. The van der Waals surface area contributed by atoms with Gasteiger partial charge in [0.25, 0.3) is 0 Å². The van der Waals surface area contributed by atoms with Crippen molar-refractivity contribution in [1.82, 2.24) is 0 Å². The van der Waals surface area contributed by atoms with Crippen LogP contribution in [0.25, 0.3) is 0 Å². The smallest absolute Gasteiger partial charge is 0.0922 e. The highest BCUT2D eigenvalue weighted by Crippen LogP contribution is 2.38. The van der Waals surface area contributed by atoms with Crippen LogP contribution in [0.1, 0.15) is 33.6 Å². The fraction of sp³-hybridized carbons (Fsp3) is 0.800. The maximum Gasteiger partial charge on any atom is 0.0922 e. The van der Waals surface area contributed by atoms with Gasteiger partial charge in [-0.25, -0.2) is 0 Å². The van der Waals surface area contributed by atoms with E-state index in [0.717, 1.165) is 6.42 Å². The average molecular weight is 154 g/mol. The second kappa shape index (κ2) is 3.29. The van der Waals surface area contributed by atoms with E-state index in [2.05, 4.69) is 20.8 Å². The molecule has 1 aliphatic rings. The molecule has 0 fully saturated rings.